The first kappa shape index (κ1) is 12.0. The Kier molecular flexibility index (Phi) is 3.11. The monoisotopic (exact) mass is 256 g/mol. The predicted molar refractivity (Wildman–Crippen MR) is 61.5 cm³/mol. The van der Waals surface area contributed by atoms with E-state index < -0.39 is 17.5 Å². The molecule has 88 valence electrons. The van der Waals surface area contributed by atoms with Crippen molar-refractivity contribution in [3.63, 3.8) is 0 Å². The van der Waals surface area contributed by atoms with Crippen molar-refractivity contribution in [2.24, 2.45) is 0 Å². The highest BCUT2D eigenvalue weighted by molar-refractivity contribution is 6.30. The molecule has 0 saturated heterocycles. The summed E-state index contributed by atoms with van der Waals surface area (Å²) in [7, 11) is 0. The average Bonchev–Trinajstić information content (AvgIpc) is 2.13. The Morgan fingerprint density at radius 3 is 2.00 bits per heavy atom. The molecule has 0 aliphatic rings. The van der Waals surface area contributed by atoms with Crippen LogP contribution in [0.1, 0.15) is 5.56 Å². The van der Waals surface area contributed by atoms with Gasteiger partial charge in [-0.05, 0) is 48.4 Å². The maximum Gasteiger partial charge on any atom is 0.134 e. The second kappa shape index (κ2) is 4.41. The number of aryl methyl sites for hydroxylation is 1. The van der Waals surface area contributed by atoms with Crippen LogP contribution < -0.4 is 0 Å². The van der Waals surface area contributed by atoms with Crippen molar-refractivity contribution in [1.29, 1.82) is 0 Å². The van der Waals surface area contributed by atoms with E-state index in [0.717, 1.165) is 12.1 Å². The van der Waals surface area contributed by atoms with Crippen molar-refractivity contribution < 1.29 is 13.2 Å². The van der Waals surface area contributed by atoms with E-state index >= 15 is 0 Å². The fourth-order valence-electron chi connectivity index (χ4n) is 1.67. The molecule has 4 heteroatoms. The van der Waals surface area contributed by atoms with Crippen LogP contribution in [0.3, 0.4) is 0 Å². The first-order valence-corrected chi connectivity index (χ1v) is 5.27. The summed E-state index contributed by atoms with van der Waals surface area (Å²) >= 11 is 5.65. The highest BCUT2D eigenvalue weighted by atomic mass is 35.5. The van der Waals surface area contributed by atoms with Crippen molar-refractivity contribution in [3.05, 3.63) is 58.4 Å². The van der Waals surface area contributed by atoms with Crippen molar-refractivity contribution in [1.82, 2.24) is 0 Å². The molecule has 0 saturated carbocycles. The standard InChI is InChI=1S/C13H8ClF3/c1-7-2-11(16)13(12(17)3-7)8-4-9(14)6-10(15)5-8/h2-6H,1H3. The molecule has 0 spiro atoms. The lowest BCUT2D eigenvalue weighted by Gasteiger charge is -2.07. The van der Waals surface area contributed by atoms with Crippen LogP contribution >= 0.6 is 11.6 Å². The van der Waals surface area contributed by atoms with E-state index in [1.807, 2.05) is 0 Å². The van der Waals surface area contributed by atoms with Crippen LogP contribution in [-0.4, -0.2) is 0 Å². The van der Waals surface area contributed by atoms with Crippen LogP contribution in [0.15, 0.2) is 30.3 Å². The third-order valence-electron chi connectivity index (χ3n) is 2.34. The summed E-state index contributed by atoms with van der Waals surface area (Å²) in [5.74, 6) is -2.10. The van der Waals surface area contributed by atoms with Crippen LogP contribution in [0.4, 0.5) is 13.2 Å². The number of benzene rings is 2. The van der Waals surface area contributed by atoms with Gasteiger partial charge in [0.25, 0.3) is 0 Å². The lowest BCUT2D eigenvalue weighted by Crippen LogP contribution is -1.92. The number of rotatable bonds is 1. The Labute approximate surface area is 102 Å². The van der Waals surface area contributed by atoms with Gasteiger partial charge in [-0.25, -0.2) is 13.2 Å². The van der Waals surface area contributed by atoms with Gasteiger partial charge in [0.1, 0.15) is 17.5 Å². The van der Waals surface area contributed by atoms with Crippen molar-refractivity contribution in [2.75, 3.05) is 0 Å². The van der Waals surface area contributed by atoms with Gasteiger partial charge in [0.15, 0.2) is 0 Å². The summed E-state index contributed by atoms with van der Waals surface area (Å²) in [6.07, 6.45) is 0. The molecule has 0 aromatic heterocycles. The normalized spacial score (nSPS) is 10.6. The minimum atomic E-state index is -0.732. The summed E-state index contributed by atoms with van der Waals surface area (Å²) in [5, 5.41) is 0.0966. The fourth-order valence-corrected chi connectivity index (χ4v) is 1.90. The molecule has 17 heavy (non-hydrogen) atoms. The molecule has 0 radical (unpaired) electrons. The fraction of sp³-hybridized carbons (Fsp3) is 0.0769. The maximum atomic E-state index is 13.7. The first-order valence-electron chi connectivity index (χ1n) is 4.89. The van der Waals surface area contributed by atoms with Crippen molar-refractivity contribution in [2.45, 2.75) is 6.92 Å². The van der Waals surface area contributed by atoms with E-state index in [9.17, 15) is 13.2 Å². The highest BCUT2D eigenvalue weighted by Crippen LogP contribution is 2.29. The maximum absolute atomic E-state index is 13.7. The molecule has 0 N–H and O–H groups in total. The third-order valence-corrected chi connectivity index (χ3v) is 2.56. The second-order valence-corrected chi connectivity index (χ2v) is 4.20. The molecule has 2 aromatic rings. The molecule has 0 fully saturated rings. The van der Waals surface area contributed by atoms with E-state index in [0.29, 0.717) is 5.56 Å². The van der Waals surface area contributed by atoms with Gasteiger partial charge in [0.2, 0.25) is 0 Å². The third kappa shape index (κ3) is 2.44. The van der Waals surface area contributed by atoms with Gasteiger partial charge in [-0.1, -0.05) is 11.6 Å². The molecule has 0 atom stereocenters. The molecule has 0 heterocycles. The number of hydrogen-bond donors (Lipinski definition) is 0. The molecule has 2 aromatic carbocycles. The molecular formula is C13H8ClF3. The Hall–Kier alpha value is -1.48. The average molecular weight is 257 g/mol. The largest absolute Gasteiger partial charge is 0.207 e. The molecule has 0 unspecified atom stereocenters. The van der Waals surface area contributed by atoms with E-state index in [1.165, 1.54) is 18.2 Å². The SMILES string of the molecule is Cc1cc(F)c(-c2cc(F)cc(Cl)c2)c(F)c1. The van der Waals surface area contributed by atoms with Gasteiger partial charge in [-0.2, -0.15) is 0 Å². The number of halogens is 4. The molecule has 0 aliphatic heterocycles. The van der Waals surface area contributed by atoms with Crippen molar-refractivity contribution >= 4 is 11.6 Å². The Balaban J connectivity index is 2.68. The van der Waals surface area contributed by atoms with Gasteiger partial charge in [0, 0.05) is 5.02 Å². The molecule has 0 amide bonds. The zero-order valence-corrected chi connectivity index (χ0v) is 9.65. The van der Waals surface area contributed by atoms with Crippen molar-refractivity contribution in [3.8, 4) is 11.1 Å². The van der Waals surface area contributed by atoms with E-state index in [4.69, 9.17) is 11.6 Å². The zero-order chi connectivity index (χ0) is 12.6. The van der Waals surface area contributed by atoms with Crippen LogP contribution in [0, 0.1) is 24.4 Å². The summed E-state index contributed by atoms with van der Waals surface area (Å²) < 4.78 is 40.4. The van der Waals surface area contributed by atoms with Crippen LogP contribution in [0.5, 0.6) is 0 Å². The van der Waals surface area contributed by atoms with Gasteiger partial charge in [0.05, 0.1) is 5.56 Å². The quantitative estimate of drug-likeness (QED) is 0.692. The van der Waals surface area contributed by atoms with Crippen LogP contribution in [0.2, 0.25) is 5.02 Å². The zero-order valence-electron chi connectivity index (χ0n) is 8.90. The number of hydrogen-bond acceptors (Lipinski definition) is 0. The topological polar surface area (TPSA) is 0 Å². The Bertz CT molecular complexity index is 536. The first-order chi connectivity index (χ1) is 7.97. The van der Waals surface area contributed by atoms with E-state index in [-0.39, 0.29) is 16.1 Å². The van der Waals surface area contributed by atoms with Gasteiger partial charge in [-0.15, -0.1) is 0 Å². The summed E-state index contributed by atoms with van der Waals surface area (Å²) in [5.41, 5.74) is 0.285. The highest BCUT2D eigenvalue weighted by Gasteiger charge is 2.13. The molecule has 0 nitrogen and oxygen atoms in total. The minimum absolute atomic E-state index is 0.0880. The van der Waals surface area contributed by atoms with Gasteiger partial charge in [-0.3, -0.25) is 0 Å². The van der Waals surface area contributed by atoms with Crippen LogP contribution in [-0.2, 0) is 0 Å². The van der Waals surface area contributed by atoms with E-state index in [1.54, 1.807) is 6.92 Å². The lowest BCUT2D eigenvalue weighted by molar-refractivity contribution is 0.587. The van der Waals surface area contributed by atoms with Crippen LogP contribution in [0.25, 0.3) is 11.1 Å². The smallest absolute Gasteiger partial charge is 0.134 e. The molecule has 0 aliphatic carbocycles. The molecular weight excluding hydrogens is 249 g/mol. The van der Waals surface area contributed by atoms with Gasteiger partial charge >= 0.3 is 0 Å². The summed E-state index contributed by atoms with van der Waals surface area (Å²) in [4.78, 5) is 0. The molecule has 2 rings (SSSR count). The summed E-state index contributed by atoms with van der Waals surface area (Å²) in [6.45, 7) is 1.58. The predicted octanol–water partition coefficient (Wildman–Crippen LogP) is 4.73. The lowest BCUT2D eigenvalue weighted by atomic mass is 10.0. The van der Waals surface area contributed by atoms with E-state index in [2.05, 4.69) is 0 Å². The molecule has 0 bridgehead atoms. The Morgan fingerprint density at radius 2 is 1.47 bits per heavy atom. The second-order valence-electron chi connectivity index (χ2n) is 3.76. The summed E-state index contributed by atoms with van der Waals surface area (Å²) in [6, 6.07) is 5.83. The minimum Gasteiger partial charge on any atom is -0.207 e. The van der Waals surface area contributed by atoms with Gasteiger partial charge < -0.3 is 0 Å². The Morgan fingerprint density at radius 1 is 0.882 bits per heavy atom.